The zero-order chi connectivity index (χ0) is 16.7. The number of aromatic nitrogens is 1. The number of fused-ring (bicyclic) bond motifs is 2. The van der Waals surface area contributed by atoms with E-state index in [0.717, 1.165) is 22.2 Å². The molecule has 2 aromatic carbocycles. The van der Waals surface area contributed by atoms with Crippen molar-refractivity contribution in [3.8, 4) is 5.75 Å². The molecular formula is C19H17ClN2O2. The summed E-state index contributed by atoms with van der Waals surface area (Å²) in [6.07, 6.45) is 2.00. The Kier molecular flexibility index (Phi) is 3.69. The number of aryl methyl sites for hydroxylation is 1. The lowest BCUT2D eigenvalue weighted by Gasteiger charge is -2.20. The van der Waals surface area contributed by atoms with Gasteiger partial charge in [-0.3, -0.25) is 4.79 Å². The molecule has 0 fully saturated rings. The van der Waals surface area contributed by atoms with Crippen molar-refractivity contribution in [2.75, 3.05) is 13.2 Å². The topological polar surface area (TPSA) is 34.5 Å². The highest BCUT2D eigenvalue weighted by Crippen LogP contribution is 2.27. The molecule has 1 aliphatic rings. The van der Waals surface area contributed by atoms with Crippen LogP contribution in [0.5, 0.6) is 5.75 Å². The number of hydrogen-bond donors (Lipinski definition) is 0. The summed E-state index contributed by atoms with van der Waals surface area (Å²) in [6.45, 7) is 1.53. The van der Waals surface area contributed by atoms with Crippen LogP contribution in [-0.4, -0.2) is 28.5 Å². The molecule has 1 aromatic heterocycles. The Bertz CT molecular complexity index is 932. The number of hydrogen-bond acceptors (Lipinski definition) is 2. The first-order valence-corrected chi connectivity index (χ1v) is 8.25. The van der Waals surface area contributed by atoms with E-state index in [2.05, 4.69) is 0 Å². The second-order valence-corrected chi connectivity index (χ2v) is 6.46. The fourth-order valence-corrected chi connectivity index (χ4v) is 3.31. The lowest BCUT2D eigenvalue weighted by molar-refractivity contribution is 0.0733. The Labute approximate surface area is 145 Å². The molecule has 122 valence electrons. The Morgan fingerprint density at radius 2 is 2.04 bits per heavy atom. The SMILES string of the molecule is Cn1ccc2ccc(C(=O)N3CCOc4ccc(Cl)cc4C3)cc21. The van der Waals surface area contributed by atoms with Crippen LogP contribution in [0.25, 0.3) is 10.9 Å². The second kappa shape index (κ2) is 5.87. The van der Waals surface area contributed by atoms with Crippen molar-refractivity contribution in [3.05, 3.63) is 64.8 Å². The van der Waals surface area contributed by atoms with Crippen molar-refractivity contribution in [2.24, 2.45) is 7.05 Å². The maximum absolute atomic E-state index is 13.0. The molecule has 24 heavy (non-hydrogen) atoms. The van der Waals surface area contributed by atoms with Gasteiger partial charge in [-0.2, -0.15) is 0 Å². The summed E-state index contributed by atoms with van der Waals surface area (Å²) in [5.74, 6) is 0.808. The third-order valence-corrected chi connectivity index (χ3v) is 4.66. The van der Waals surface area contributed by atoms with Crippen LogP contribution in [0.1, 0.15) is 15.9 Å². The molecule has 0 bridgehead atoms. The number of carbonyl (C=O) groups excluding carboxylic acids is 1. The molecule has 4 rings (SSSR count). The Balaban J connectivity index is 1.66. The number of carbonyl (C=O) groups is 1. The van der Waals surface area contributed by atoms with Crippen LogP contribution in [0.2, 0.25) is 5.02 Å². The first-order chi connectivity index (χ1) is 11.6. The zero-order valence-electron chi connectivity index (χ0n) is 13.3. The third kappa shape index (κ3) is 2.63. The fourth-order valence-electron chi connectivity index (χ4n) is 3.11. The van der Waals surface area contributed by atoms with Gasteiger partial charge in [-0.1, -0.05) is 17.7 Å². The van der Waals surface area contributed by atoms with E-state index >= 15 is 0 Å². The number of halogens is 1. The van der Waals surface area contributed by atoms with Gasteiger partial charge in [-0.05, 0) is 41.8 Å². The van der Waals surface area contributed by atoms with Gasteiger partial charge in [0, 0.05) is 41.5 Å². The molecule has 1 aliphatic heterocycles. The van der Waals surface area contributed by atoms with E-state index in [1.807, 2.05) is 59.1 Å². The van der Waals surface area contributed by atoms with E-state index < -0.39 is 0 Å². The summed E-state index contributed by atoms with van der Waals surface area (Å²) >= 11 is 6.08. The van der Waals surface area contributed by atoms with Crippen LogP contribution < -0.4 is 4.74 Å². The molecule has 3 aromatic rings. The van der Waals surface area contributed by atoms with E-state index in [4.69, 9.17) is 16.3 Å². The van der Waals surface area contributed by atoms with Crippen molar-refractivity contribution in [2.45, 2.75) is 6.54 Å². The third-order valence-electron chi connectivity index (χ3n) is 4.42. The lowest BCUT2D eigenvalue weighted by atomic mass is 10.1. The predicted octanol–water partition coefficient (Wildman–Crippen LogP) is 3.87. The molecule has 5 heteroatoms. The van der Waals surface area contributed by atoms with Crippen molar-refractivity contribution in [1.29, 1.82) is 0 Å². The maximum atomic E-state index is 13.0. The van der Waals surface area contributed by atoms with Gasteiger partial charge in [0.05, 0.1) is 6.54 Å². The minimum absolute atomic E-state index is 0.00882. The molecule has 0 atom stereocenters. The van der Waals surface area contributed by atoms with Crippen LogP contribution in [0.15, 0.2) is 48.7 Å². The lowest BCUT2D eigenvalue weighted by Crippen LogP contribution is -2.32. The second-order valence-electron chi connectivity index (χ2n) is 6.03. The minimum atomic E-state index is 0.00882. The summed E-state index contributed by atoms with van der Waals surface area (Å²) < 4.78 is 7.76. The van der Waals surface area contributed by atoms with Crippen LogP contribution >= 0.6 is 11.6 Å². The van der Waals surface area contributed by atoms with E-state index in [1.54, 1.807) is 6.07 Å². The summed E-state index contributed by atoms with van der Waals surface area (Å²) in [5.41, 5.74) is 2.68. The summed E-state index contributed by atoms with van der Waals surface area (Å²) in [5, 5.41) is 1.78. The van der Waals surface area contributed by atoms with Gasteiger partial charge in [0.2, 0.25) is 0 Å². The van der Waals surface area contributed by atoms with Crippen LogP contribution in [0, 0.1) is 0 Å². The Hall–Kier alpha value is -2.46. The largest absolute Gasteiger partial charge is 0.491 e. The van der Waals surface area contributed by atoms with Gasteiger partial charge in [-0.15, -0.1) is 0 Å². The molecule has 2 heterocycles. The molecule has 0 saturated heterocycles. The molecule has 1 amide bonds. The molecule has 0 unspecified atom stereocenters. The van der Waals surface area contributed by atoms with Crippen molar-refractivity contribution >= 4 is 28.4 Å². The Morgan fingerprint density at radius 1 is 1.17 bits per heavy atom. The molecule has 0 radical (unpaired) electrons. The molecule has 0 aliphatic carbocycles. The monoisotopic (exact) mass is 340 g/mol. The van der Waals surface area contributed by atoms with E-state index in [-0.39, 0.29) is 5.91 Å². The average molecular weight is 341 g/mol. The summed E-state index contributed by atoms with van der Waals surface area (Å²) in [4.78, 5) is 14.8. The highest BCUT2D eigenvalue weighted by atomic mass is 35.5. The number of benzene rings is 2. The van der Waals surface area contributed by atoms with Crippen molar-refractivity contribution in [1.82, 2.24) is 9.47 Å². The van der Waals surface area contributed by atoms with Gasteiger partial charge >= 0.3 is 0 Å². The standard InChI is InChI=1S/C19H17ClN2O2/c1-21-7-6-13-2-3-14(11-17(13)21)19(23)22-8-9-24-18-5-4-16(20)10-15(18)12-22/h2-7,10-11H,8-9,12H2,1H3. The minimum Gasteiger partial charge on any atom is -0.491 e. The Morgan fingerprint density at radius 3 is 2.92 bits per heavy atom. The number of amides is 1. The van der Waals surface area contributed by atoms with Crippen LogP contribution in [0.4, 0.5) is 0 Å². The van der Waals surface area contributed by atoms with E-state index in [9.17, 15) is 4.79 Å². The molecule has 4 nitrogen and oxygen atoms in total. The number of nitrogens with zero attached hydrogens (tertiary/aromatic N) is 2. The van der Waals surface area contributed by atoms with Gasteiger partial charge in [0.25, 0.3) is 5.91 Å². The highest BCUT2D eigenvalue weighted by molar-refractivity contribution is 6.30. The molecular weight excluding hydrogens is 324 g/mol. The fraction of sp³-hybridized carbons (Fsp3) is 0.211. The normalized spacial score (nSPS) is 14.2. The molecule has 0 spiro atoms. The number of rotatable bonds is 1. The van der Waals surface area contributed by atoms with Crippen molar-refractivity contribution in [3.63, 3.8) is 0 Å². The van der Waals surface area contributed by atoms with Gasteiger partial charge in [0.1, 0.15) is 12.4 Å². The van der Waals surface area contributed by atoms with E-state index in [0.29, 0.717) is 30.3 Å². The maximum Gasteiger partial charge on any atom is 0.254 e. The first-order valence-electron chi connectivity index (χ1n) is 7.87. The predicted molar refractivity (Wildman–Crippen MR) is 94.6 cm³/mol. The summed E-state index contributed by atoms with van der Waals surface area (Å²) in [7, 11) is 1.98. The zero-order valence-corrected chi connectivity index (χ0v) is 14.1. The average Bonchev–Trinajstić information content (AvgIpc) is 2.82. The van der Waals surface area contributed by atoms with Crippen LogP contribution in [-0.2, 0) is 13.6 Å². The van der Waals surface area contributed by atoms with Gasteiger partial charge in [0.15, 0.2) is 0 Å². The van der Waals surface area contributed by atoms with Crippen molar-refractivity contribution < 1.29 is 9.53 Å². The van der Waals surface area contributed by atoms with Crippen LogP contribution in [0.3, 0.4) is 0 Å². The van der Waals surface area contributed by atoms with Gasteiger partial charge < -0.3 is 14.2 Å². The smallest absolute Gasteiger partial charge is 0.254 e. The van der Waals surface area contributed by atoms with Gasteiger partial charge in [-0.25, -0.2) is 0 Å². The molecule has 0 saturated carbocycles. The highest BCUT2D eigenvalue weighted by Gasteiger charge is 2.21. The first kappa shape index (κ1) is 15.1. The number of ether oxygens (including phenoxy) is 1. The molecule has 0 N–H and O–H groups in total. The summed E-state index contributed by atoms with van der Waals surface area (Å²) in [6, 6.07) is 13.4. The quantitative estimate of drug-likeness (QED) is 0.674. The van der Waals surface area contributed by atoms with E-state index in [1.165, 1.54) is 0 Å².